The molecule has 1 aromatic heterocycles. The molecule has 5 heteroatoms. The Morgan fingerprint density at radius 3 is 2.92 bits per heavy atom. The maximum Gasteiger partial charge on any atom is 0.186 e. The van der Waals surface area contributed by atoms with Gasteiger partial charge in [0.05, 0.1) is 16.6 Å². The van der Waals surface area contributed by atoms with Gasteiger partial charge in [0.1, 0.15) is 0 Å². The number of hydrogen-bond donors (Lipinski definition) is 1. The fourth-order valence-electron chi connectivity index (χ4n) is 1.07. The molecule has 4 nitrogen and oxygen atoms in total. The van der Waals surface area contributed by atoms with Gasteiger partial charge in [0.15, 0.2) is 11.1 Å². The molecule has 0 aliphatic heterocycles. The SMILES string of the molecule is O=S(O)c1ccc2nnccc2c1. The first-order valence-corrected chi connectivity index (χ1v) is 4.70. The van der Waals surface area contributed by atoms with Crippen molar-refractivity contribution in [3.8, 4) is 0 Å². The van der Waals surface area contributed by atoms with Gasteiger partial charge in [0.2, 0.25) is 0 Å². The predicted molar refractivity (Wildman–Crippen MR) is 48.6 cm³/mol. The third-order valence-corrected chi connectivity index (χ3v) is 2.34. The molecule has 0 fully saturated rings. The van der Waals surface area contributed by atoms with Crippen molar-refractivity contribution in [3.05, 3.63) is 30.5 Å². The van der Waals surface area contributed by atoms with Crippen molar-refractivity contribution in [2.45, 2.75) is 4.90 Å². The largest absolute Gasteiger partial charge is 0.302 e. The third kappa shape index (κ3) is 1.56. The summed E-state index contributed by atoms with van der Waals surface area (Å²) in [5, 5.41) is 8.36. The van der Waals surface area contributed by atoms with E-state index in [4.69, 9.17) is 4.55 Å². The molecule has 2 rings (SSSR count). The monoisotopic (exact) mass is 194 g/mol. The van der Waals surface area contributed by atoms with E-state index in [9.17, 15) is 4.21 Å². The molecule has 0 bridgehead atoms. The van der Waals surface area contributed by atoms with Crippen LogP contribution in [0.4, 0.5) is 0 Å². The second-order valence-electron chi connectivity index (χ2n) is 2.50. The zero-order chi connectivity index (χ0) is 9.26. The molecule has 0 aliphatic carbocycles. The van der Waals surface area contributed by atoms with E-state index in [-0.39, 0.29) is 0 Å². The Hall–Kier alpha value is -1.33. The zero-order valence-corrected chi connectivity index (χ0v) is 7.36. The summed E-state index contributed by atoms with van der Waals surface area (Å²) in [5.41, 5.74) is 0.719. The van der Waals surface area contributed by atoms with Crippen LogP contribution in [0.3, 0.4) is 0 Å². The van der Waals surface area contributed by atoms with Crippen LogP contribution in [-0.2, 0) is 11.1 Å². The fourth-order valence-corrected chi connectivity index (χ4v) is 1.49. The summed E-state index contributed by atoms with van der Waals surface area (Å²) in [6, 6.07) is 6.61. The van der Waals surface area contributed by atoms with E-state index < -0.39 is 11.1 Å². The molecule has 0 radical (unpaired) electrons. The van der Waals surface area contributed by atoms with Gasteiger partial charge in [-0.25, -0.2) is 4.21 Å². The van der Waals surface area contributed by atoms with Crippen LogP contribution in [0.5, 0.6) is 0 Å². The number of fused-ring (bicyclic) bond motifs is 1. The van der Waals surface area contributed by atoms with E-state index in [2.05, 4.69) is 10.2 Å². The van der Waals surface area contributed by atoms with Crippen molar-refractivity contribution in [1.82, 2.24) is 10.2 Å². The molecule has 0 spiro atoms. The van der Waals surface area contributed by atoms with Crippen LogP contribution in [0.2, 0.25) is 0 Å². The third-order valence-electron chi connectivity index (χ3n) is 1.69. The number of benzene rings is 1. The lowest BCUT2D eigenvalue weighted by atomic mass is 10.2. The van der Waals surface area contributed by atoms with Crippen LogP contribution in [0.25, 0.3) is 10.9 Å². The summed E-state index contributed by atoms with van der Waals surface area (Å²) in [6.45, 7) is 0. The lowest BCUT2D eigenvalue weighted by molar-refractivity contribution is 0.564. The first kappa shape index (κ1) is 8.28. The average Bonchev–Trinajstić information content (AvgIpc) is 2.17. The minimum atomic E-state index is -1.93. The quantitative estimate of drug-likeness (QED) is 0.693. The Morgan fingerprint density at radius 2 is 2.15 bits per heavy atom. The highest BCUT2D eigenvalue weighted by molar-refractivity contribution is 7.79. The first-order chi connectivity index (χ1) is 6.27. The van der Waals surface area contributed by atoms with Crippen molar-refractivity contribution in [1.29, 1.82) is 0 Å². The maximum absolute atomic E-state index is 10.7. The van der Waals surface area contributed by atoms with E-state index >= 15 is 0 Å². The van der Waals surface area contributed by atoms with Crippen LogP contribution in [0, 0.1) is 0 Å². The van der Waals surface area contributed by atoms with Crippen LogP contribution < -0.4 is 0 Å². The van der Waals surface area contributed by atoms with Crippen LogP contribution >= 0.6 is 0 Å². The molecule has 13 heavy (non-hydrogen) atoms. The van der Waals surface area contributed by atoms with Gasteiger partial charge in [0, 0.05) is 5.39 Å². The van der Waals surface area contributed by atoms with E-state index in [0.29, 0.717) is 4.90 Å². The predicted octanol–water partition coefficient (Wildman–Crippen LogP) is 1.21. The van der Waals surface area contributed by atoms with Gasteiger partial charge >= 0.3 is 0 Å². The fraction of sp³-hybridized carbons (Fsp3) is 0. The van der Waals surface area contributed by atoms with Crippen molar-refractivity contribution in [2.24, 2.45) is 0 Å². The summed E-state index contributed by atoms with van der Waals surface area (Å²) in [7, 11) is 0. The number of rotatable bonds is 1. The Balaban J connectivity index is 2.69. The molecular formula is C8H6N2O2S. The lowest BCUT2D eigenvalue weighted by Crippen LogP contribution is -1.89. The Labute approximate surface area is 76.9 Å². The molecule has 1 atom stereocenters. The number of aromatic nitrogens is 2. The standard InChI is InChI=1S/C8H6N2O2S/c11-13(12)7-1-2-8-6(5-7)3-4-9-10-8/h1-5H,(H,11,12). The first-order valence-electron chi connectivity index (χ1n) is 3.60. The van der Waals surface area contributed by atoms with Crippen molar-refractivity contribution < 1.29 is 8.76 Å². The van der Waals surface area contributed by atoms with Crippen molar-refractivity contribution >= 4 is 22.0 Å². The van der Waals surface area contributed by atoms with Gasteiger partial charge in [-0.1, -0.05) is 0 Å². The molecule has 1 aromatic carbocycles. The average molecular weight is 194 g/mol. The lowest BCUT2D eigenvalue weighted by Gasteiger charge is -1.97. The summed E-state index contributed by atoms with van der Waals surface area (Å²) < 4.78 is 19.5. The van der Waals surface area contributed by atoms with E-state index in [0.717, 1.165) is 10.9 Å². The second-order valence-corrected chi connectivity index (χ2v) is 3.47. The molecular weight excluding hydrogens is 188 g/mol. The van der Waals surface area contributed by atoms with Gasteiger partial charge in [-0.05, 0) is 24.3 Å². The molecule has 0 amide bonds. The summed E-state index contributed by atoms with van der Waals surface area (Å²) in [5.74, 6) is 0. The summed E-state index contributed by atoms with van der Waals surface area (Å²) >= 11 is -1.93. The number of nitrogens with zero attached hydrogens (tertiary/aromatic N) is 2. The van der Waals surface area contributed by atoms with E-state index in [1.54, 1.807) is 30.5 Å². The minimum Gasteiger partial charge on any atom is -0.302 e. The molecule has 1 unspecified atom stereocenters. The Morgan fingerprint density at radius 1 is 1.31 bits per heavy atom. The number of hydrogen-bond acceptors (Lipinski definition) is 3. The van der Waals surface area contributed by atoms with Crippen LogP contribution in [0.15, 0.2) is 35.4 Å². The van der Waals surface area contributed by atoms with E-state index in [1.807, 2.05) is 0 Å². The molecule has 1 N–H and O–H groups in total. The van der Waals surface area contributed by atoms with Gasteiger partial charge < -0.3 is 4.55 Å². The maximum atomic E-state index is 10.7. The molecule has 0 aliphatic rings. The summed E-state index contributed by atoms with van der Waals surface area (Å²) in [4.78, 5) is 0.375. The molecule has 0 saturated carbocycles. The van der Waals surface area contributed by atoms with Crippen molar-refractivity contribution in [2.75, 3.05) is 0 Å². The van der Waals surface area contributed by atoms with Crippen LogP contribution in [0.1, 0.15) is 0 Å². The molecule has 0 saturated heterocycles. The Bertz CT molecular complexity index is 472. The van der Waals surface area contributed by atoms with Gasteiger partial charge in [0.25, 0.3) is 0 Å². The Kier molecular flexibility index (Phi) is 2.03. The van der Waals surface area contributed by atoms with Gasteiger partial charge in [-0.2, -0.15) is 10.2 Å². The summed E-state index contributed by atoms with van der Waals surface area (Å²) in [6.07, 6.45) is 1.55. The molecule has 66 valence electrons. The molecule has 1 heterocycles. The minimum absolute atomic E-state index is 0.375. The highest BCUT2D eigenvalue weighted by Gasteiger charge is 2.01. The van der Waals surface area contributed by atoms with Crippen LogP contribution in [-0.4, -0.2) is 19.0 Å². The highest BCUT2D eigenvalue weighted by Crippen LogP contribution is 2.14. The van der Waals surface area contributed by atoms with E-state index in [1.165, 1.54) is 0 Å². The smallest absolute Gasteiger partial charge is 0.186 e. The molecule has 2 aromatic rings. The van der Waals surface area contributed by atoms with Gasteiger partial charge in [-0.15, -0.1) is 0 Å². The highest BCUT2D eigenvalue weighted by atomic mass is 32.2. The topological polar surface area (TPSA) is 63.1 Å². The zero-order valence-electron chi connectivity index (χ0n) is 6.54. The van der Waals surface area contributed by atoms with Gasteiger partial charge in [-0.3, -0.25) is 0 Å². The van der Waals surface area contributed by atoms with Crippen molar-refractivity contribution in [3.63, 3.8) is 0 Å². The second kappa shape index (κ2) is 3.20. The normalized spacial score (nSPS) is 13.0.